The summed E-state index contributed by atoms with van der Waals surface area (Å²) in [5.74, 6) is 0. The number of rotatable bonds is 3. The zero-order valence-corrected chi connectivity index (χ0v) is 15.3. The van der Waals surface area contributed by atoms with Crippen molar-refractivity contribution in [3.05, 3.63) is 94.9 Å². The van der Waals surface area contributed by atoms with Gasteiger partial charge in [-0.3, -0.25) is 9.78 Å². The van der Waals surface area contributed by atoms with Gasteiger partial charge in [-0.25, -0.2) is 9.50 Å². The number of aromatic nitrogens is 5. The Morgan fingerprint density at radius 1 is 1.00 bits per heavy atom. The number of hydrogen-bond donors (Lipinski definition) is 0. The third-order valence-electron chi connectivity index (χ3n) is 4.90. The van der Waals surface area contributed by atoms with Gasteiger partial charge in [-0.15, -0.1) is 0 Å². The number of nitrogens with zero attached hydrogens (tertiary/aromatic N) is 5. The van der Waals surface area contributed by atoms with Crippen LogP contribution in [0.3, 0.4) is 0 Å². The molecule has 136 valence electrons. The Hall–Kier alpha value is -3.80. The highest BCUT2D eigenvalue weighted by Crippen LogP contribution is 2.28. The Bertz CT molecular complexity index is 1350. The fourth-order valence-electron chi connectivity index (χ4n) is 3.57. The van der Waals surface area contributed by atoms with E-state index in [9.17, 15) is 4.79 Å². The van der Waals surface area contributed by atoms with Gasteiger partial charge in [0.05, 0.1) is 23.1 Å². The number of pyridine rings is 2. The summed E-state index contributed by atoms with van der Waals surface area (Å²) in [5, 5.41) is 5.21. The van der Waals surface area contributed by atoms with Crippen LogP contribution in [-0.2, 0) is 6.54 Å². The van der Waals surface area contributed by atoms with Crippen LogP contribution >= 0.6 is 0 Å². The highest BCUT2D eigenvalue weighted by atomic mass is 16.1. The molecule has 0 saturated heterocycles. The van der Waals surface area contributed by atoms with Crippen molar-refractivity contribution in [3.63, 3.8) is 0 Å². The number of hydrogen-bond acceptors (Lipinski definition) is 4. The van der Waals surface area contributed by atoms with Crippen LogP contribution in [-0.4, -0.2) is 24.1 Å². The van der Waals surface area contributed by atoms with Crippen molar-refractivity contribution in [1.29, 1.82) is 0 Å². The lowest BCUT2D eigenvalue weighted by Gasteiger charge is -2.08. The summed E-state index contributed by atoms with van der Waals surface area (Å²) in [6.45, 7) is 2.43. The summed E-state index contributed by atoms with van der Waals surface area (Å²) in [6.07, 6.45) is 6.94. The Balaban J connectivity index is 1.70. The summed E-state index contributed by atoms with van der Waals surface area (Å²) < 4.78 is 3.43. The SMILES string of the molecule is Cc1nn2c(ncc3c(=O)n(Cc4cccnc4)ccc32)c1-c1ccccc1. The fraction of sp³-hybridized carbons (Fsp3) is 0.0909. The van der Waals surface area contributed by atoms with E-state index >= 15 is 0 Å². The summed E-state index contributed by atoms with van der Waals surface area (Å²) in [4.78, 5) is 21.7. The smallest absolute Gasteiger partial charge is 0.261 e. The molecule has 5 rings (SSSR count). The van der Waals surface area contributed by atoms with Crippen molar-refractivity contribution >= 4 is 16.6 Å². The molecule has 0 bridgehead atoms. The number of aryl methyl sites for hydroxylation is 1. The Morgan fingerprint density at radius 3 is 2.64 bits per heavy atom. The van der Waals surface area contributed by atoms with E-state index in [0.29, 0.717) is 11.9 Å². The molecule has 1 aromatic carbocycles. The lowest BCUT2D eigenvalue weighted by molar-refractivity contribution is 0.762. The van der Waals surface area contributed by atoms with Gasteiger partial charge in [-0.1, -0.05) is 36.4 Å². The van der Waals surface area contributed by atoms with Crippen LogP contribution in [0.1, 0.15) is 11.3 Å². The quantitative estimate of drug-likeness (QED) is 0.490. The van der Waals surface area contributed by atoms with Crippen molar-refractivity contribution in [2.24, 2.45) is 0 Å². The maximum Gasteiger partial charge on any atom is 0.261 e. The molecule has 4 heterocycles. The normalized spacial score (nSPS) is 11.3. The van der Waals surface area contributed by atoms with Crippen LogP contribution in [0.2, 0.25) is 0 Å². The zero-order chi connectivity index (χ0) is 19.1. The van der Waals surface area contributed by atoms with Gasteiger partial charge in [0.1, 0.15) is 0 Å². The molecule has 0 unspecified atom stereocenters. The Morgan fingerprint density at radius 2 is 1.86 bits per heavy atom. The molecule has 6 nitrogen and oxygen atoms in total. The monoisotopic (exact) mass is 367 g/mol. The van der Waals surface area contributed by atoms with Crippen LogP contribution in [0.25, 0.3) is 27.7 Å². The lowest BCUT2D eigenvalue weighted by Crippen LogP contribution is -2.21. The zero-order valence-electron chi connectivity index (χ0n) is 15.3. The van der Waals surface area contributed by atoms with Crippen molar-refractivity contribution in [2.45, 2.75) is 13.5 Å². The molecule has 0 radical (unpaired) electrons. The van der Waals surface area contributed by atoms with E-state index < -0.39 is 0 Å². The van der Waals surface area contributed by atoms with Crippen molar-refractivity contribution in [2.75, 3.05) is 0 Å². The molecule has 0 aliphatic heterocycles. The molecule has 0 atom stereocenters. The molecule has 0 aliphatic rings. The molecule has 0 aliphatic carbocycles. The van der Waals surface area contributed by atoms with E-state index in [1.54, 1.807) is 33.9 Å². The van der Waals surface area contributed by atoms with Gasteiger partial charge in [-0.05, 0) is 30.2 Å². The van der Waals surface area contributed by atoms with Gasteiger partial charge in [0.15, 0.2) is 5.65 Å². The maximum absolute atomic E-state index is 13.0. The highest BCUT2D eigenvalue weighted by Gasteiger charge is 2.16. The second kappa shape index (κ2) is 6.42. The second-order valence-electron chi connectivity index (χ2n) is 6.73. The third kappa shape index (κ3) is 2.58. The van der Waals surface area contributed by atoms with Gasteiger partial charge >= 0.3 is 0 Å². The maximum atomic E-state index is 13.0. The highest BCUT2D eigenvalue weighted by molar-refractivity contribution is 5.86. The van der Waals surface area contributed by atoms with Crippen molar-refractivity contribution in [1.82, 2.24) is 24.1 Å². The van der Waals surface area contributed by atoms with Crippen LogP contribution < -0.4 is 5.56 Å². The van der Waals surface area contributed by atoms with Gasteiger partial charge in [0.2, 0.25) is 0 Å². The van der Waals surface area contributed by atoms with E-state index in [1.165, 1.54) is 0 Å². The Kier molecular flexibility index (Phi) is 3.76. The summed E-state index contributed by atoms with van der Waals surface area (Å²) >= 11 is 0. The van der Waals surface area contributed by atoms with Crippen LogP contribution in [0.4, 0.5) is 0 Å². The average Bonchev–Trinajstić information content (AvgIpc) is 3.07. The first-order valence-electron chi connectivity index (χ1n) is 9.04. The molecular weight excluding hydrogens is 350 g/mol. The first-order chi connectivity index (χ1) is 13.7. The van der Waals surface area contributed by atoms with Gasteiger partial charge in [0.25, 0.3) is 5.56 Å². The summed E-state index contributed by atoms with van der Waals surface area (Å²) in [6, 6.07) is 15.8. The molecule has 6 heteroatoms. The van der Waals surface area contributed by atoms with E-state index in [2.05, 4.69) is 15.1 Å². The minimum Gasteiger partial charge on any atom is -0.310 e. The summed E-state index contributed by atoms with van der Waals surface area (Å²) in [5.41, 5.74) is 5.31. The predicted octanol–water partition coefficient (Wildman–Crippen LogP) is 3.46. The van der Waals surface area contributed by atoms with Crippen molar-refractivity contribution < 1.29 is 0 Å². The molecule has 0 saturated carbocycles. The van der Waals surface area contributed by atoms with E-state index in [0.717, 1.165) is 33.5 Å². The van der Waals surface area contributed by atoms with Gasteiger partial charge in [0, 0.05) is 30.4 Å². The van der Waals surface area contributed by atoms with Crippen LogP contribution in [0.15, 0.2) is 78.1 Å². The van der Waals surface area contributed by atoms with Crippen LogP contribution in [0.5, 0.6) is 0 Å². The molecule has 4 aromatic heterocycles. The minimum absolute atomic E-state index is 0.0924. The predicted molar refractivity (Wildman–Crippen MR) is 108 cm³/mol. The fourth-order valence-corrected chi connectivity index (χ4v) is 3.57. The Labute approximate surface area is 160 Å². The van der Waals surface area contributed by atoms with E-state index in [1.807, 2.05) is 55.5 Å². The molecule has 0 N–H and O–H groups in total. The molecule has 0 fully saturated rings. The second-order valence-corrected chi connectivity index (χ2v) is 6.73. The molecular formula is C22H17N5O. The summed E-state index contributed by atoms with van der Waals surface area (Å²) in [7, 11) is 0. The average molecular weight is 367 g/mol. The van der Waals surface area contributed by atoms with E-state index in [-0.39, 0.29) is 5.56 Å². The first kappa shape index (κ1) is 16.4. The van der Waals surface area contributed by atoms with Gasteiger partial charge < -0.3 is 4.57 Å². The molecule has 0 spiro atoms. The van der Waals surface area contributed by atoms with Gasteiger partial charge in [-0.2, -0.15) is 5.10 Å². The van der Waals surface area contributed by atoms with Crippen molar-refractivity contribution in [3.8, 4) is 11.1 Å². The lowest BCUT2D eigenvalue weighted by atomic mass is 10.1. The standard InChI is InChI=1S/C22H17N5O/c1-15-20(17-7-3-2-4-8-17)21-24-13-18-19(27(21)25-15)9-11-26(22(18)28)14-16-6-5-10-23-12-16/h2-13H,14H2,1H3. The third-order valence-corrected chi connectivity index (χ3v) is 4.90. The van der Waals surface area contributed by atoms with E-state index in [4.69, 9.17) is 0 Å². The molecule has 5 aromatic rings. The topological polar surface area (TPSA) is 65.1 Å². The minimum atomic E-state index is -0.0924. The largest absolute Gasteiger partial charge is 0.310 e. The molecule has 28 heavy (non-hydrogen) atoms. The first-order valence-corrected chi connectivity index (χ1v) is 9.04. The number of fused-ring (bicyclic) bond motifs is 3. The van der Waals surface area contributed by atoms with Crippen LogP contribution in [0, 0.1) is 6.92 Å². The number of benzene rings is 1. The molecule has 0 amide bonds.